The summed E-state index contributed by atoms with van der Waals surface area (Å²) in [4.78, 5) is 0. The number of fused-ring (bicyclic) bond motifs is 1. The molecule has 0 saturated carbocycles. The molecule has 0 bridgehead atoms. The monoisotopic (exact) mass is 194 g/mol. The van der Waals surface area contributed by atoms with Crippen LogP contribution < -0.4 is 0 Å². The van der Waals surface area contributed by atoms with Crippen LogP contribution in [0, 0.1) is 0 Å². The third kappa shape index (κ3) is 1.17. The third-order valence-corrected chi connectivity index (χ3v) is 2.89. The van der Waals surface area contributed by atoms with Crippen molar-refractivity contribution in [1.29, 1.82) is 0 Å². The van der Waals surface area contributed by atoms with E-state index in [0.717, 1.165) is 11.1 Å². The van der Waals surface area contributed by atoms with Crippen LogP contribution in [0.15, 0.2) is 24.3 Å². The Morgan fingerprint density at radius 2 is 1.93 bits per heavy atom. The molecule has 0 radical (unpaired) electrons. The van der Waals surface area contributed by atoms with Gasteiger partial charge in [-0.1, -0.05) is 24.3 Å². The molecule has 1 aliphatic rings. The Kier molecular flexibility index (Phi) is 2.31. The van der Waals surface area contributed by atoms with E-state index in [4.69, 9.17) is 9.47 Å². The molecule has 0 heterocycles. The summed E-state index contributed by atoms with van der Waals surface area (Å²) in [5.41, 5.74) is 1.99. The molecular weight excluding hydrogens is 180 g/mol. The van der Waals surface area contributed by atoms with E-state index in [1.807, 2.05) is 24.3 Å². The van der Waals surface area contributed by atoms with Crippen LogP contribution in [0.1, 0.15) is 17.2 Å². The first kappa shape index (κ1) is 9.65. The van der Waals surface area contributed by atoms with Crippen LogP contribution in [0.25, 0.3) is 0 Å². The quantitative estimate of drug-likeness (QED) is 0.720. The molecule has 2 rings (SSSR count). The van der Waals surface area contributed by atoms with Crippen LogP contribution >= 0.6 is 0 Å². The second-order valence-corrected chi connectivity index (χ2v) is 3.50. The Labute approximate surface area is 83.3 Å². The maximum atomic E-state index is 10.0. The lowest BCUT2D eigenvalue weighted by Crippen LogP contribution is -2.38. The fourth-order valence-corrected chi connectivity index (χ4v) is 2.01. The maximum Gasteiger partial charge on any atom is 0.202 e. The predicted octanol–water partition coefficient (Wildman–Crippen LogP) is 1.27. The number of aliphatic hydroxyl groups is 1. The lowest BCUT2D eigenvalue weighted by molar-refractivity contribution is -0.252. The summed E-state index contributed by atoms with van der Waals surface area (Å²) in [6.07, 6.45) is -0.106. The number of hydrogen-bond acceptors (Lipinski definition) is 3. The van der Waals surface area contributed by atoms with Gasteiger partial charge in [0.05, 0.1) is 0 Å². The van der Waals surface area contributed by atoms with Crippen molar-refractivity contribution in [1.82, 2.24) is 0 Å². The van der Waals surface area contributed by atoms with Crippen molar-refractivity contribution in [2.24, 2.45) is 0 Å². The van der Waals surface area contributed by atoms with E-state index in [9.17, 15) is 5.11 Å². The lowest BCUT2D eigenvalue weighted by atomic mass is 10.1. The summed E-state index contributed by atoms with van der Waals surface area (Å²) in [5.74, 6) is -0.899. The molecular formula is C11H14O3. The van der Waals surface area contributed by atoms with Gasteiger partial charge < -0.3 is 14.6 Å². The molecule has 0 amide bonds. The molecule has 1 N–H and O–H groups in total. The van der Waals surface area contributed by atoms with Gasteiger partial charge in [0.1, 0.15) is 6.10 Å². The average molecular weight is 194 g/mol. The molecule has 0 saturated heterocycles. The predicted molar refractivity (Wildman–Crippen MR) is 51.9 cm³/mol. The average Bonchev–Trinajstić information content (AvgIpc) is 2.53. The van der Waals surface area contributed by atoms with Crippen molar-refractivity contribution in [3.05, 3.63) is 35.4 Å². The van der Waals surface area contributed by atoms with Gasteiger partial charge in [-0.05, 0) is 11.1 Å². The van der Waals surface area contributed by atoms with Gasteiger partial charge in [0, 0.05) is 20.6 Å². The second kappa shape index (κ2) is 3.35. The van der Waals surface area contributed by atoms with Crippen LogP contribution in [0.5, 0.6) is 0 Å². The van der Waals surface area contributed by atoms with Crippen LogP contribution in [0.3, 0.4) is 0 Å². The molecule has 1 aliphatic carbocycles. The topological polar surface area (TPSA) is 38.7 Å². The van der Waals surface area contributed by atoms with Crippen molar-refractivity contribution < 1.29 is 14.6 Å². The van der Waals surface area contributed by atoms with Gasteiger partial charge in [-0.2, -0.15) is 0 Å². The van der Waals surface area contributed by atoms with Crippen molar-refractivity contribution >= 4 is 0 Å². The molecule has 0 aromatic heterocycles. The molecule has 76 valence electrons. The SMILES string of the molecule is COC1(OC)Cc2ccccc2[C@H]1O. The molecule has 0 unspecified atom stereocenters. The van der Waals surface area contributed by atoms with Crippen molar-refractivity contribution in [3.63, 3.8) is 0 Å². The van der Waals surface area contributed by atoms with E-state index in [-0.39, 0.29) is 0 Å². The molecule has 0 aliphatic heterocycles. The number of rotatable bonds is 2. The largest absolute Gasteiger partial charge is 0.383 e. The van der Waals surface area contributed by atoms with Gasteiger partial charge >= 0.3 is 0 Å². The highest BCUT2D eigenvalue weighted by molar-refractivity contribution is 5.36. The molecule has 0 fully saturated rings. The Balaban J connectivity index is 2.42. The normalized spacial score (nSPS) is 23.5. The Morgan fingerprint density at radius 3 is 2.50 bits per heavy atom. The smallest absolute Gasteiger partial charge is 0.202 e. The number of benzene rings is 1. The van der Waals surface area contributed by atoms with Crippen molar-refractivity contribution in [2.45, 2.75) is 18.3 Å². The number of aliphatic hydroxyl groups excluding tert-OH is 1. The first-order valence-electron chi connectivity index (χ1n) is 4.59. The first-order chi connectivity index (χ1) is 6.73. The summed E-state index contributed by atoms with van der Waals surface area (Å²) < 4.78 is 10.5. The van der Waals surface area contributed by atoms with E-state index in [2.05, 4.69) is 0 Å². The highest BCUT2D eigenvalue weighted by Gasteiger charge is 2.46. The van der Waals surface area contributed by atoms with E-state index in [0.29, 0.717) is 6.42 Å². The van der Waals surface area contributed by atoms with E-state index in [1.54, 1.807) is 14.2 Å². The van der Waals surface area contributed by atoms with Gasteiger partial charge in [-0.15, -0.1) is 0 Å². The molecule has 1 aromatic carbocycles. The van der Waals surface area contributed by atoms with Crippen molar-refractivity contribution in [2.75, 3.05) is 14.2 Å². The minimum absolute atomic E-state index is 0.595. The summed E-state index contributed by atoms with van der Waals surface area (Å²) in [7, 11) is 3.11. The summed E-state index contributed by atoms with van der Waals surface area (Å²) in [5, 5.41) is 10.0. The van der Waals surface area contributed by atoms with E-state index < -0.39 is 11.9 Å². The lowest BCUT2D eigenvalue weighted by Gasteiger charge is -2.29. The molecule has 14 heavy (non-hydrogen) atoms. The Bertz CT molecular complexity index is 331. The van der Waals surface area contributed by atoms with Crippen LogP contribution in [-0.4, -0.2) is 25.1 Å². The van der Waals surface area contributed by atoms with Crippen LogP contribution in [0.4, 0.5) is 0 Å². The standard InChI is InChI=1S/C11H14O3/c1-13-11(14-2)7-8-5-3-4-6-9(8)10(11)12/h3-6,10,12H,7H2,1-2H3/t10-/m1/s1. The zero-order chi connectivity index (χ0) is 10.2. The van der Waals surface area contributed by atoms with Gasteiger partial charge in [0.15, 0.2) is 0 Å². The second-order valence-electron chi connectivity index (χ2n) is 3.50. The van der Waals surface area contributed by atoms with Gasteiger partial charge in [0.2, 0.25) is 5.79 Å². The molecule has 1 atom stereocenters. The fraction of sp³-hybridized carbons (Fsp3) is 0.455. The number of methoxy groups -OCH3 is 2. The molecule has 0 spiro atoms. The Morgan fingerprint density at radius 1 is 1.29 bits per heavy atom. The van der Waals surface area contributed by atoms with Crippen LogP contribution in [0.2, 0.25) is 0 Å². The first-order valence-corrected chi connectivity index (χ1v) is 4.59. The number of hydrogen-bond donors (Lipinski definition) is 1. The highest BCUT2D eigenvalue weighted by Crippen LogP contribution is 2.41. The Hall–Kier alpha value is -0.900. The molecule has 3 heteroatoms. The zero-order valence-corrected chi connectivity index (χ0v) is 8.36. The maximum absolute atomic E-state index is 10.0. The molecule has 3 nitrogen and oxygen atoms in total. The number of ether oxygens (including phenoxy) is 2. The zero-order valence-electron chi connectivity index (χ0n) is 8.36. The van der Waals surface area contributed by atoms with E-state index in [1.165, 1.54) is 0 Å². The summed E-state index contributed by atoms with van der Waals surface area (Å²) >= 11 is 0. The van der Waals surface area contributed by atoms with Gasteiger partial charge in [0.25, 0.3) is 0 Å². The fourth-order valence-electron chi connectivity index (χ4n) is 2.01. The third-order valence-electron chi connectivity index (χ3n) is 2.89. The van der Waals surface area contributed by atoms with E-state index >= 15 is 0 Å². The minimum Gasteiger partial charge on any atom is -0.383 e. The van der Waals surface area contributed by atoms with Crippen molar-refractivity contribution in [3.8, 4) is 0 Å². The van der Waals surface area contributed by atoms with Gasteiger partial charge in [-0.25, -0.2) is 0 Å². The molecule has 1 aromatic rings. The van der Waals surface area contributed by atoms with Gasteiger partial charge in [-0.3, -0.25) is 0 Å². The minimum atomic E-state index is -0.899. The summed E-state index contributed by atoms with van der Waals surface area (Å²) in [6.45, 7) is 0. The van der Waals surface area contributed by atoms with Crippen LogP contribution in [-0.2, 0) is 15.9 Å². The highest BCUT2D eigenvalue weighted by atomic mass is 16.7. The summed E-state index contributed by atoms with van der Waals surface area (Å²) in [6, 6.07) is 7.74.